The molecule has 2 heterocycles. The minimum absolute atomic E-state index is 0.820. The molecule has 0 aromatic heterocycles. The lowest BCUT2D eigenvalue weighted by Gasteiger charge is -2.51. The number of rotatable bonds is 0. The van der Waals surface area contributed by atoms with Crippen LogP contribution in [-0.2, 0) is 9.59 Å². The molecule has 2 saturated heterocycles. The summed E-state index contributed by atoms with van der Waals surface area (Å²) < 4.78 is 0. The van der Waals surface area contributed by atoms with Crippen LogP contribution in [0.15, 0.2) is 0 Å². The van der Waals surface area contributed by atoms with Crippen LogP contribution in [0.5, 0.6) is 0 Å². The second-order valence-corrected chi connectivity index (χ2v) is 5.34. The average molecular weight is 248 g/mol. The van der Waals surface area contributed by atoms with E-state index >= 15 is 0 Å². The predicted molar refractivity (Wildman–Crippen MR) is 57.1 cm³/mol. The van der Waals surface area contributed by atoms with E-state index in [0.29, 0.717) is 0 Å². The van der Waals surface area contributed by atoms with Gasteiger partial charge < -0.3 is 15.7 Å². The maximum Gasteiger partial charge on any atom is 0.271 e. The molecule has 2 bridgehead atoms. The Morgan fingerprint density at radius 1 is 1.06 bits per heavy atom. The lowest BCUT2D eigenvalue weighted by atomic mass is 9.53. The first-order chi connectivity index (χ1) is 8.13. The Balaban J connectivity index is 2.88. The number of nitriles is 2. The zero-order valence-electron chi connectivity index (χ0n) is 10.2. The number of amides is 2. The molecule has 2 rings (SSSR count). The minimum atomic E-state index is -2.70. The highest BCUT2D eigenvalue weighted by atomic mass is 16.3. The third kappa shape index (κ3) is 0.823. The second kappa shape index (κ2) is 2.82. The molecule has 2 amide bonds. The van der Waals surface area contributed by atoms with E-state index in [1.807, 2.05) is 0 Å². The van der Waals surface area contributed by atoms with Crippen molar-refractivity contribution < 1.29 is 14.7 Å². The second-order valence-electron chi connectivity index (χ2n) is 5.34. The quantitative estimate of drug-likeness (QED) is 0.462. The minimum Gasteiger partial charge on any atom is -0.366 e. The summed E-state index contributed by atoms with van der Waals surface area (Å²) >= 11 is 0. The molecule has 0 aromatic rings. The highest BCUT2D eigenvalue weighted by Gasteiger charge is 2.81. The molecule has 0 spiro atoms. The fraction of sp³-hybridized carbons (Fsp3) is 0.636. The topological polar surface area (TPSA) is 126 Å². The number of carbonyl (C=O) groups is 2. The van der Waals surface area contributed by atoms with Gasteiger partial charge in [0.15, 0.2) is 5.41 Å². The van der Waals surface area contributed by atoms with Crippen molar-refractivity contribution in [2.75, 3.05) is 0 Å². The van der Waals surface area contributed by atoms with Crippen molar-refractivity contribution in [3.63, 3.8) is 0 Å². The number of carbonyl (C=O) groups excluding carboxylic acids is 2. The van der Waals surface area contributed by atoms with Crippen molar-refractivity contribution in [1.29, 1.82) is 10.5 Å². The van der Waals surface area contributed by atoms with Crippen LogP contribution in [0.25, 0.3) is 0 Å². The van der Waals surface area contributed by atoms with E-state index in [9.17, 15) is 20.0 Å². The van der Waals surface area contributed by atoms with Crippen LogP contribution in [0.1, 0.15) is 20.8 Å². The van der Waals surface area contributed by atoms with E-state index in [4.69, 9.17) is 5.26 Å². The summed E-state index contributed by atoms with van der Waals surface area (Å²) in [6, 6.07) is 3.11. The summed E-state index contributed by atoms with van der Waals surface area (Å²) in [5, 5.41) is 33.6. The zero-order valence-corrected chi connectivity index (χ0v) is 10.2. The fourth-order valence-electron chi connectivity index (χ4n) is 2.83. The molecule has 2 aliphatic heterocycles. The lowest BCUT2D eigenvalue weighted by molar-refractivity contribution is -0.169. The molecule has 2 aliphatic rings. The summed E-state index contributed by atoms with van der Waals surface area (Å²) in [5.74, 6) is -1.85. The van der Waals surface area contributed by atoms with Gasteiger partial charge in [0.1, 0.15) is 11.7 Å². The van der Waals surface area contributed by atoms with Gasteiger partial charge in [0.05, 0.1) is 6.07 Å². The third-order valence-corrected chi connectivity index (χ3v) is 4.46. The Bertz CT molecular complexity index is 558. The van der Waals surface area contributed by atoms with E-state index in [1.54, 1.807) is 26.8 Å². The number of piperidine rings is 1. The van der Waals surface area contributed by atoms with Gasteiger partial charge in [-0.1, -0.05) is 13.8 Å². The molecule has 0 aliphatic carbocycles. The molecular formula is C11H12N4O3. The summed E-state index contributed by atoms with van der Waals surface area (Å²) in [5.41, 5.74) is -7.17. The SMILES string of the molecule is CC1(C)[C@@]2(C)NC(=O)[C@]1(C#N)[C@](O)(C#N)C(=O)N2. The van der Waals surface area contributed by atoms with Gasteiger partial charge in [0.2, 0.25) is 5.91 Å². The van der Waals surface area contributed by atoms with Crippen molar-refractivity contribution in [1.82, 2.24) is 10.6 Å². The summed E-state index contributed by atoms with van der Waals surface area (Å²) in [7, 11) is 0. The maximum atomic E-state index is 12.1. The molecule has 94 valence electrons. The van der Waals surface area contributed by atoms with E-state index in [1.165, 1.54) is 6.07 Å². The monoisotopic (exact) mass is 248 g/mol. The standard InChI is InChI=1S/C11H12N4O3/c1-8(2)9(3)14-6(16)10(8,4-12)11(18,5-13)7(17)15-9/h18H,1-3H3,(H,14,16)(H,15,17)/t9-,10-,11-/m0/s1. The molecule has 3 atom stereocenters. The zero-order chi connectivity index (χ0) is 14.0. The first-order valence-electron chi connectivity index (χ1n) is 5.33. The molecule has 0 aromatic carbocycles. The molecule has 0 unspecified atom stereocenters. The Morgan fingerprint density at radius 2 is 1.56 bits per heavy atom. The third-order valence-electron chi connectivity index (χ3n) is 4.46. The summed E-state index contributed by atoms with van der Waals surface area (Å²) in [4.78, 5) is 24.0. The van der Waals surface area contributed by atoms with Gasteiger partial charge >= 0.3 is 0 Å². The van der Waals surface area contributed by atoms with Crippen LogP contribution in [0.4, 0.5) is 0 Å². The van der Waals surface area contributed by atoms with Crippen molar-refractivity contribution in [3.8, 4) is 12.1 Å². The average Bonchev–Trinajstić information content (AvgIpc) is 2.37. The van der Waals surface area contributed by atoms with E-state index in [0.717, 1.165) is 0 Å². The molecular weight excluding hydrogens is 236 g/mol. The van der Waals surface area contributed by atoms with Crippen molar-refractivity contribution in [2.24, 2.45) is 10.8 Å². The number of nitrogens with zero attached hydrogens (tertiary/aromatic N) is 2. The van der Waals surface area contributed by atoms with E-state index in [2.05, 4.69) is 10.6 Å². The van der Waals surface area contributed by atoms with Crippen LogP contribution in [0, 0.1) is 33.5 Å². The first-order valence-corrected chi connectivity index (χ1v) is 5.33. The number of hydrogen-bond donors (Lipinski definition) is 3. The maximum absolute atomic E-state index is 12.1. The molecule has 7 heteroatoms. The number of fused-ring (bicyclic) bond motifs is 2. The van der Waals surface area contributed by atoms with Gasteiger partial charge in [-0.2, -0.15) is 10.5 Å². The van der Waals surface area contributed by atoms with E-state index < -0.39 is 33.9 Å². The van der Waals surface area contributed by atoms with E-state index in [-0.39, 0.29) is 0 Å². The van der Waals surface area contributed by atoms with Crippen LogP contribution in [-0.4, -0.2) is 28.2 Å². The summed E-state index contributed by atoms with van der Waals surface area (Å²) in [6.07, 6.45) is 0. The van der Waals surface area contributed by atoms with Crippen molar-refractivity contribution in [3.05, 3.63) is 0 Å². The Hall–Kier alpha value is -2.12. The van der Waals surface area contributed by atoms with Gasteiger partial charge in [-0.15, -0.1) is 0 Å². The van der Waals surface area contributed by atoms with Gasteiger partial charge in [0, 0.05) is 5.41 Å². The Kier molecular flexibility index (Phi) is 1.93. The fourth-order valence-corrected chi connectivity index (χ4v) is 2.83. The Labute approximate surface area is 103 Å². The van der Waals surface area contributed by atoms with Gasteiger partial charge in [0.25, 0.3) is 11.5 Å². The summed E-state index contributed by atoms with van der Waals surface area (Å²) in [6.45, 7) is 4.64. The normalized spacial score (nSPS) is 44.6. The number of aliphatic hydroxyl groups is 1. The highest BCUT2D eigenvalue weighted by molar-refractivity contribution is 6.05. The van der Waals surface area contributed by atoms with Crippen LogP contribution >= 0.6 is 0 Å². The lowest BCUT2D eigenvalue weighted by Crippen LogP contribution is -2.75. The van der Waals surface area contributed by atoms with Gasteiger partial charge in [-0.05, 0) is 6.92 Å². The van der Waals surface area contributed by atoms with Gasteiger partial charge in [-0.25, -0.2) is 0 Å². The molecule has 3 N–H and O–H groups in total. The van der Waals surface area contributed by atoms with Crippen LogP contribution in [0.3, 0.4) is 0 Å². The number of hydrogen-bond acceptors (Lipinski definition) is 5. The molecule has 18 heavy (non-hydrogen) atoms. The van der Waals surface area contributed by atoms with Crippen molar-refractivity contribution in [2.45, 2.75) is 32.0 Å². The molecule has 2 fully saturated rings. The predicted octanol–water partition coefficient (Wildman–Crippen LogP) is -1.25. The molecule has 0 radical (unpaired) electrons. The first kappa shape index (κ1) is 12.3. The molecule has 0 saturated carbocycles. The molecule has 7 nitrogen and oxygen atoms in total. The van der Waals surface area contributed by atoms with Gasteiger partial charge in [-0.3, -0.25) is 9.59 Å². The largest absolute Gasteiger partial charge is 0.366 e. The van der Waals surface area contributed by atoms with Crippen LogP contribution < -0.4 is 10.6 Å². The highest BCUT2D eigenvalue weighted by Crippen LogP contribution is 2.59. The van der Waals surface area contributed by atoms with Crippen molar-refractivity contribution >= 4 is 11.8 Å². The Morgan fingerprint density at radius 3 is 2.00 bits per heavy atom. The van der Waals surface area contributed by atoms with Crippen LogP contribution in [0.2, 0.25) is 0 Å². The smallest absolute Gasteiger partial charge is 0.271 e. The number of nitrogens with one attached hydrogen (secondary N) is 2.